The summed E-state index contributed by atoms with van der Waals surface area (Å²) in [6, 6.07) is 15.9. The SMILES string of the molecule is Cc1nc(-c2ccccc2)sc1CNC(=O)/C=C/c1ccc(F)cc1. The fourth-order valence-corrected chi connectivity index (χ4v) is 3.28. The van der Waals surface area contributed by atoms with Gasteiger partial charge in [-0.1, -0.05) is 42.5 Å². The van der Waals surface area contributed by atoms with Gasteiger partial charge in [0.15, 0.2) is 0 Å². The lowest BCUT2D eigenvalue weighted by Crippen LogP contribution is -2.20. The van der Waals surface area contributed by atoms with Crippen molar-refractivity contribution in [3.63, 3.8) is 0 Å². The van der Waals surface area contributed by atoms with Crippen LogP contribution in [0.15, 0.2) is 60.7 Å². The maximum absolute atomic E-state index is 12.8. The third-order valence-corrected chi connectivity index (χ3v) is 4.84. The van der Waals surface area contributed by atoms with Crippen LogP contribution in [-0.2, 0) is 11.3 Å². The van der Waals surface area contributed by atoms with E-state index in [2.05, 4.69) is 10.3 Å². The van der Waals surface area contributed by atoms with Crippen molar-refractivity contribution in [2.75, 3.05) is 0 Å². The van der Waals surface area contributed by atoms with Crippen LogP contribution in [0.25, 0.3) is 16.6 Å². The second kappa shape index (κ2) is 7.85. The van der Waals surface area contributed by atoms with Crippen LogP contribution in [0.2, 0.25) is 0 Å². The van der Waals surface area contributed by atoms with Gasteiger partial charge in [0.05, 0.1) is 12.2 Å². The van der Waals surface area contributed by atoms with E-state index in [0.717, 1.165) is 26.7 Å². The maximum Gasteiger partial charge on any atom is 0.244 e. The van der Waals surface area contributed by atoms with E-state index < -0.39 is 0 Å². The first-order chi connectivity index (χ1) is 12.1. The van der Waals surface area contributed by atoms with Gasteiger partial charge in [0, 0.05) is 16.5 Å². The Morgan fingerprint density at radius 1 is 1.16 bits per heavy atom. The van der Waals surface area contributed by atoms with E-state index in [-0.39, 0.29) is 11.7 Å². The largest absolute Gasteiger partial charge is 0.348 e. The molecule has 1 amide bonds. The molecule has 3 rings (SSSR count). The molecule has 2 aromatic carbocycles. The number of benzene rings is 2. The number of nitrogens with one attached hydrogen (secondary N) is 1. The molecule has 0 atom stereocenters. The van der Waals surface area contributed by atoms with Gasteiger partial charge in [0.1, 0.15) is 10.8 Å². The summed E-state index contributed by atoms with van der Waals surface area (Å²) in [5, 5.41) is 3.81. The average Bonchev–Trinajstić information content (AvgIpc) is 3.01. The molecule has 0 spiro atoms. The van der Waals surface area contributed by atoms with Crippen molar-refractivity contribution in [3.8, 4) is 10.6 Å². The fraction of sp³-hybridized carbons (Fsp3) is 0.100. The molecule has 3 nitrogen and oxygen atoms in total. The third kappa shape index (κ3) is 4.61. The topological polar surface area (TPSA) is 42.0 Å². The Morgan fingerprint density at radius 3 is 2.60 bits per heavy atom. The quantitative estimate of drug-likeness (QED) is 0.683. The molecule has 1 aromatic heterocycles. The lowest BCUT2D eigenvalue weighted by atomic mass is 10.2. The zero-order chi connectivity index (χ0) is 17.6. The molecule has 1 N–H and O–H groups in total. The summed E-state index contributed by atoms with van der Waals surface area (Å²) in [4.78, 5) is 17.6. The smallest absolute Gasteiger partial charge is 0.244 e. The fourth-order valence-electron chi connectivity index (χ4n) is 2.27. The van der Waals surface area contributed by atoms with E-state index in [4.69, 9.17) is 0 Å². The number of aromatic nitrogens is 1. The van der Waals surface area contributed by atoms with Crippen LogP contribution < -0.4 is 5.32 Å². The minimum atomic E-state index is -0.295. The molecule has 126 valence electrons. The summed E-state index contributed by atoms with van der Waals surface area (Å²) in [5.41, 5.74) is 2.77. The van der Waals surface area contributed by atoms with Crippen LogP contribution in [0.4, 0.5) is 4.39 Å². The van der Waals surface area contributed by atoms with Gasteiger partial charge >= 0.3 is 0 Å². The van der Waals surface area contributed by atoms with Gasteiger partial charge in [-0.2, -0.15) is 0 Å². The first kappa shape index (κ1) is 17.0. The number of halogens is 1. The van der Waals surface area contributed by atoms with Gasteiger partial charge in [-0.15, -0.1) is 11.3 Å². The molecular weight excluding hydrogens is 335 g/mol. The molecule has 0 unspecified atom stereocenters. The molecule has 0 radical (unpaired) electrons. The van der Waals surface area contributed by atoms with Gasteiger partial charge in [-0.05, 0) is 30.7 Å². The molecule has 0 saturated carbocycles. The van der Waals surface area contributed by atoms with Crippen molar-refractivity contribution in [2.45, 2.75) is 13.5 Å². The zero-order valence-electron chi connectivity index (χ0n) is 13.7. The van der Waals surface area contributed by atoms with Crippen LogP contribution >= 0.6 is 11.3 Å². The number of rotatable bonds is 5. The maximum atomic E-state index is 12.8. The number of thiazole rings is 1. The Hall–Kier alpha value is -2.79. The van der Waals surface area contributed by atoms with E-state index in [1.165, 1.54) is 18.2 Å². The second-order valence-electron chi connectivity index (χ2n) is 5.50. The zero-order valence-corrected chi connectivity index (χ0v) is 14.5. The Kier molecular flexibility index (Phi) is 5.36. The van der Waals surface area contributed by atoms with E-state index in [1.54, 1.807) is 29.5 Å². The van der Waals surface area contributed by atoms with Gasteiger partial charge < -0.3 is 5.32 Å². The predicted octanol–water partition coefficient (Wildman–Crippen LogP) is 4.59. The lowest BCUT2D eigenvalue weighted by Gasteiger charge is -2.00. The normalized spacial score (nSPS) is 11.0. The van der Waals surface area contributed by atoms with Crippen molar-refractivity contribution >= 4 is 23.3 Å². The number of hydrogen-bond acceptors (Lipinski definition) is 3. The minimum absolute atomic E-state index is 0.196. The lowest BCUT2D eigenvalue weighted by molar-refractivity contribution is -0.116. The molecule has 0 saturated heterocycles. The average molecular weight is 352 g/mol. The van der Waals surface area contributed by atoms with Crippen LogP contribution in [0, 0.1) is 12.7 Å². The molecule has 0 aliphatic rings. The summed E-state index contributed by atoms with van der Waals surface area (Å²) in [6.45, 7) is 2.38. The third-order valence-electron chi connectivity index (χ3n) is 3.63. The first-order valence-corrected chi connectivity index (χ1v) is 8.66. The highest BCUT2D eigenvalue weighted by atomic mass is 32.1. The van der Waals surface area contributed by atoms with Crippen molar-refractivity contribution in [3.05, 3.63) is 82.6 Å². The molecule has 0 fully saturated rings. The second-order valence-corrected chi connectivity index (χ2v) is 6.58. The number of carbonyl (C=O) groups is 1. The van der Waals surface area contributed by atoms with E-state index >= 15 is 0 Å². The first-order valence-electron chi connectivity index (χ1n) is 7.85. The van der Waals surface area contributed by atoms with Crippen LogP contribution in [0.3, 0.4) is 0 Å². The van der Waals surface area contributed by atoms with E-state index in [0.29, 0.717) is 6.54 Å². The van der Waals surface area contributed by atoms with Crippen molar-refractivity contribution in [1.29, 1.82) is 0 Å². The van der Waals surface area contributed by atoms with Crippen molar-refractivity contribution < 1.29 is 9.18 Å². The summed E-state index contributed by atoms with van der Waals surface area (Å²) in [7, 11) is 0. The van der Waals surface area contributed by atoms with Gasteiger partial charge in [0.2, 0.25) is 5.91 Å². The monoisotopic (exact) mass is 352 g/mol. The molecular formula is C20H17FN2OS. The number of carbonyl (C=O) groups excluding carboxylic acids is 1. The minimum Gasteiger partial charge on any atom is -0.348 e. The number of amides is 1. The molecule has 0 bridgehead atoms. The summed E-state index contributed by atoms with van der Waals surface area (Å²) in [5.74, 6) is -0.491. The molecule has 25 heavy (non-hydrogen) atoms. The van der Waals surface area contributed by atoms with Crippen LogP contribution in [0.1, 0.15) is 16.1 Å². The van der Waals surface area contributed by atoms with Crippen LogP contribution in [-0.4, -0.2) is 10.9 Å². The number of hydrogen-bond donors (Lipinski definition) is 1. The van der Waals surface area contributed by atoms with Crippen LogP contribution in [0.5, 0.6) is 0 Å². The van der Waals surface area contributed by atoms with Crippen molar-refractivity contribution in [2.24, 2.45) is 0 Å². The highest BCUT2D eigenvalue weighted by Crippen LogP contribution is 2.27. The predicted molar refractivity (Wildman–Crippen MR) is 99.6 cm³/mol. The number of aryl methyl sites for hydroxylation is 1. The van der Waals surface area contributed by atoms with Gasteiger partial charge in [-0.25, -0.2) is 9.37 Å². The molecule has 0 aliphatic heterocycles. The van der Waals surface area contributed by atoms with E-state index in [9.17, 15) is 9.18 Å². The van der Waals surface area contributed by atoms with Crippen molar-refractivity contribution in [1.82, 2.24) is 10.3 Å². The van der Waals surface area contributed by atoms with Gasteiger partial charge in [-0.3, -0.25) is 4.79 Å². The Morgan fingerprint density at radius 2 is 1.88 bits per heavy atom. The molecule has 1 heterocycles. The summed E-state index contributed by atoms with van der Waals surface area (Å²) >= 11 is 1.58. The Labute approximate surface area is 149 Å². The highest BCUT2D eigenvalue weighted by Gasteiger charge is 2.09. The number of nitrogens with zero attached hydrogens (tertiary/aromatic N) is 1. The van der Waals surface area contributed by atoms with E-state index in [1.807, 2.05) is 37.3 Å². The summed E-state index contributed by atoms with van der Waals surface area (Å²) in [6.07, 6.45) is 3.10. The van der Waals surface area contributed by atoms with Gasteiger partial charge in [0.25, 0.3) is 0 Å². The summed E-state index contributed by atoms with van der Waals surface area (Å²) < 4.78 is 12.8. The molecule has 0 aliphatic carbocycles. The Balaban J connectivity index is 1.60. The molecule has 3 aromatic rings. The highest BCUT2D eigenvalue weighted by molar-refractivity contribution is 7.15. The standard InChI is InChI=1S/C20H17FN2OS/c1-14-18(25-20(23-14)16-5-3-2-4-6-16)13-22-19(24)12-9-15-7-10-17(21)11-8-15/h2-12H,13H2,1H3,(H,22,24)/b12-9+. The molecule has 5 heteroatoms. The Bertz CT molecular complexity index is 886.